The molecule has 2 amide bonds. The van der Waals surface area contributed by atoms with Crippen molar-refractivity contribution in [2.45, 2.75) is 16.6 Å². The van der Waals surface area contributed by atoms with Gasteiger partial charge in [-0.05, 0) is 0 Å². The van der Waals surface area contributed by atoms with Gasteiger partial charge < -0.3 is 0 Å². The molecule has 2 aromatic rings. The number of rotatable bonds is 6. The number of amides is 2. The van der Waals surface area contributed by atoms with E-state index in [0.29, 0.717) is 5.69 Å². The number of nitrogens with one attached hydrogen (secondary N) is 2. The summed E-state index contributed by atoms with van der Waals surface area (Å²) < 4.78 is 31.5. The van der Waals surface area contributed by atoms with E-state index in [4.69, 9.17) is 9.84 Å². The predicted molar refractivity (Wildman–Crippen MR) is 95.5 cm³/mol. The van der Waals surface area contributed by atoms with Crippen LogP contribution < -0.4 is 14.8 Å². The second-order valence-corrected chi connectivity index (χ2v) is 8.30. The van der Waals surface area contributed by atoms with Crippen LogP contribution in [0.2, 0.25) is 0 Å². The first-order chi connectivity index (χ1) is 12.6. The third-order valence-corrected chi connectivity index (χ3v) is 5.10. The molecule has 2 rings (SSSR count). The SMILES string of the molecule is COc1cc(C(C)[Se])nc(NC(=O)NS(=O)(=O)c2ccccc2C(=O)O)n1. The van der Waals surface area contributed by atoms with Crippen LogP contribution in [-0.4, -0.2) is 58.6 Å². The molecule has 1 aromatic carbocycles. The molecule has 1 heterocycles. The number of methoxy groups -OCH3 is 1. The van der Waals surface area contributed by atoms with Crippen molar-refractivity contribution in [2.24, 2.45) is 0 Å². The van der Waals surface area contributed by atoms with Crippen molar-refractivity contribution in [3.63, 3.8) is 0 Å². The summed E-state index contributed by atoms with van der Waals surface area (Å²) >= 11 is 2.84. The van der Waals surface area contributed by atoms with Crippen molar-refractivity contribution >= 4 is 44.0 Å². The summed E-state index contributed by atoms with van der Waals surface area (Å²) in [6, 6.07) is 5.32. The van der Waals surface area contributed by atoms with E-state index in [1.54, 1.807) is 10.8 Å². The van der Waals surface area contributed by atoms with E-state index in [1.165, 1.54) is 19.2 Å². The quantitative estimate of drug-likeness (QED) is 0.542. The van der Waals surface area contributed by atoms with Gasteiger partial charge in [-0.3, -0.25) is 0 Å². The van der Waals surface area contributed by atoms with Crippen molar-refractivity contribution in [3.8, 4) is 5.88 Å². The van der Waals surface area contributed by atoms with Gasteiger partial charge in [0.25, 0.3) is 0 Å². The minimum atomic E-state index is -4.43. The molecule has 1 aromatic heterocycles. The Balaban J connectivity index is 2.25. The number of hydrogen-bond donors (Lipinski definition) is 3. The maximum atomic E-state index is 12.4. The monoisotopic (exact) mass is 459 g/mol. The van der Waals surface area contributed by atoms with Crippen molar-refractivity contribution in [3.05, 3.63) is 41.6 Å². The molecule has 12 heteroatoms. The molecule has 1 unspecified atom stereocenters. The summed E-state index contributed by atoms with van der Waals surface area (Å²) in [4.78, 5) is 30.6. The number of sulfonamides is 1. The first-order valence-corrected chi connectivity index (χ1v) is 9.86. The van der Waals surface area contributed by atoms with Gasteiger partial charge in [0.2, 0.25) is 0 Å². The Bertz CT molecular complexity index is 980. The number of urea groups is 1. The first-order valence-electron chi connectivity index (χ1n) is 7.39. The van der Waals surface area contributed by atoms with Crippen LogP contribution in [0.15, 0.2) is 35.2 Å². The Morgan fingerprint density at radius 3 is 2.52 bits per heavy atom. The molecule has 0 bridgehead atoms. The van der Waals surface area contributed by atoms with Gasteiger partial charge in [-0.15, -0.1) is 0 Å². The maximum absolute atomic E-state index is 12.4. The van der Waals surface area contributed by atoms with Crippen LogP contribution in [0.1, 0.15) is 27.8 Å². The Labute approximate surface area is 163 Å². The van der Waals surface area contributed by atoms with E-state index in [0.717, 1.165) is 12.1 Å². The van der Waals surface area contributed by atoms with Crippen molar-refractivity contribution < 1.29 is 27.9 Å². The van der Waals surface area contributed by atoms with E-state index in [2.05, 4.69) is 31.3 Å². The van der Waals surface area contributed by atoms with Gasteiger partial charge in [-0.2, -0.15) is 0 Å². The van der Waals surface area contributed by atoms with E-state index in [-0.39, 0.29) is 16.6 Å². The standard InChI is InChI=1S/C15H15N4O6SSe/c1-8(27)10-7-12(25-2)17-14(16-10)18-15(22)19-26(23,24)11-6-4-3-5-9(11)13(20)21/h3-8H,1-2H3,(H,20,21)(H2,16,17,18,19,22). The molecule has 1 atom stereocenters. The van der Waals surface area contributed by atoms with Crippen LogP contribution >= 0.6 is 0 Å². The van der Waals surface area contributed by atoms with E-state index < -0.39 is 32.5 Å². The number of aromatic nitrogens is 2. The summed E-state index contributed by atoms with van der Waals surface area (Å²) in [5.41, 5.74) is 0.0595. The molecule has 0 aliphatic heterocycles. The number of benzene rings is 1. The van der Waals surface area contributed by atoms with Crippen molar-refractivity contribution in [2.75, 3.05) is 12.4 Å². The molecular weight excluding hydrogens is 443 g/mol. The van der Waals surface area contributed by atoms with Crippen molar-refractivity contribution in [1.82, 2.24) is 14.7 Å². The van der Waals surface area contributed by atoms with Gasteiger partial charge in [0.05, 0.1) is 0 Å². The zero-order valence-corrected chi connectivity index (χ0v) is 16.7. The normalized spacial score (nSPS) is 12.1. The molecule has 143 valence electrons. The fraction of sp³-hybridized carbons (Fsp3) is 0.200. The summed E-state index contributed by atoms with van der Waals surface area (Å²) in [7, 11) is -3.05. The van der Waals surface area contributed by atoms with Crippen LogP contribution in [0.25, 0.3) is 0 Å². The zero-order chi connectivity index (χ0) is 20.2. The van der Waals surface area contributed by atoms with Crippen LogP contribution in [0, 0.1) is 0 Å². The van der Waals surface area contributed by atoms with Gasteiger partial charge in [0.15, 0.2) is 0 Å². The van der Waals surface area contributed by atoms with Gasteiger partial charge in [-0.25, -0.2) is 0 Å². The molecular formula is C15H15N4O6SSe. The summed E-state index contributed by atoms with van der Waals surface area (Å²) in [6.45, 7) is 1.82. The van der Waals surface area contributed by atoms with E-state index in [1.807, 2.05) is 6.92 Å². The van der Waals surface area contributed by atoms with Crippen LogP contribution in [0.3, 0.4) is 0 Å². The molecule has 0 aliphatic rings. The topological polar surface area (TPSA) is 148 Å². The van der Waals surface area contributed by atoms with Gasteiger partial charge in [0, 0.05) is 0 Å². The summed E-state index contributed by atoms with van der Waals surface area (Å²) in [5, 5.41) is 11.3. The molecule has 10 nitrogen and oxygen atoms in total. The molecule has 27 heavy (non-hydrogen) atoms. The number of carboxylic acids is 1. The number of hydrogen-bond acceptors (Lipinski definition) is 7. The Morgan fingerprint density at radius 2 is 1.93 bits per heavy atom. The third kappa shape index (κ3) is 5.16. The number of carbonyl (C=O) groups is 2. The number of nitrogens with zero attached hydrogens (tertiary/aromatic N) is 2. The molecule has 3 N–H and O–H groups in total. The average Bonchev–Trinajstić information content (AvgIpc) is 2.60. The Morgan fingerprint density at radius 1 is 1.26 bits per heavy atom. The Kier molecular flexibility index (Phi) is 6.36. The molecule has 1 radical (unpaired) electrons. The minimum absolute atomic E-state index is 0.114. The third-order valence-electron chi connectivity index (χ3n) is 3.21. The molecule has 0 saturated carbocycles. The number of carbonyl (C=O) groups excluding carboxylic acids is 1. The van der Waals surface area contributed by atoms with Crippen LogP contribution in [0.4, 0.5) is 10.7 Å². The molecule has 0 aliphatic carbocycles. The summed E-state index contributed by atoms with van der Waals surface area (Å²) in [5.74, 6) is -1.44. The van der Waals surface area contributed by atoms with Crippen LogP contribution in [-0.2, 0) is 10.0 Å². The van der Waals surface area contributed by atoms with Gasteiger partial charge in [-0.1, -0.05) is 0 Å². The Hall–Kier alpha value is -2.69. The second kappa shape index (κ2) is 8.33. The van der Waals surface area contributed by atoms with E-state index in [9.17, 15) is 18.0 Å². The van der Waals surface area contributed by atoms with Gasteiger partial charge in [0.1, 0.15) is 0 Å². The molecule has 0 saturated heterocycles. The first kappa shape index (κ1) is 20.6. The van der Waals surface area contributed by atoms with Crippen LogP contribution in [0.5, 0.6) is 5.88 Å². The predicted octanol–water partition coefficient (Wildman–Crippen LogP) is 0.923. The number of aromatic carboxylic acids is 1. The second-order valence-electron chi connectivity index (χ2n) is 5.16. The molecule has 0 spiro atoms. The summed E-state index contributed by atoms with van der Waals surface area (Å²) in [6.07, 6.45) is 0. The fourth-order valence-electron chi connectivity index (χ4n) is 1.99. The van der Waals surface area contributed by atoms with Crippen molar-refractivity contribution in [1.29, 1.82) is 0 Å². The van der Waals surface area contributed by atoms with Gasteiger partial charge >= 0.3 is 163 Å². The number of anilines is 1. The molecule has 0 fully saturated rings. The average molecular weight is 458 g/mol. The zero-order valence-electron chi connectivity index (χ0n) is 14.2. The fourth-order valence-corrected chi connectivity index (χ4v) is 3.35. The number of ether oxygens (including phenoxy) is 1. The van der Waals surface area contributed by atoms with E-state index >= 15 is 0 Å². The number of carboxylic acid groups (broad SMARTS) is 1.